The Hall–Kier alpha value is -0.630. The molecule has 0 saturated heterocycles. The van der Waals surface area contributed by atoms with E-state index >= 15 is 0 Å². The Balaban J connectivity index is 4.57. The van der Waals surface area contributed by atoms with Gasteiger partial charge in [0.25, 0.3) is 0 Å². The van der Waals surface area contributed by atoms with Gasteiger partial charge in [-0.3, -0.25) is 4.79 Å². The lowest BCUT2D eigenvalue weighted by Crippen LogP contribution is -2.23. The summed E-state index contributed by atoms with van der Waals surface area (Å²) in [6.07, 6.45) is 4.87. The van der Waals surface area contributed by atoms with Gasteiger partial charge < -0.3 is 5.11 Å². The van der Waals surface area contributed by atoms with Crippen molar-refractivity contribution in [2.24, 2.45) is 5.92 Å². The molecule has 1 unspecified atom stereocenters. The van der Waals surface area contributed by atoms with Crippen LogP contribution in [0.1, 0.15) is 53.4 Å². The zero-order valence-corrected chi connectivity index (χ0v) is 10.4. The molecule has 88 valence electrons. The van der Waals surface area contributed by atoms with Crippen molar-refractivity contribution in [3.05, 3.63) is 11.6 Å². The van der Waals surface area contributed by atoms with Crippen LogP contribution in [0.4, 0.5) is 0 Å². The molecule has 0 spiro atoms. The molecular weight excluding hydrogens is 188 g/mol. The van der Waals surface area contributed by atoms with Crippen molar-refractivity contribution in [1.82, 2.24) is 0 Å². The summed E-state index contributed by atoms with van der Waals surface area (Å²) >= 11 is 0. The van der Waals surface area contributed by atoms with Gasteiger partial charge in [0.05, 0.1) is 6.10 Å². The van der Waals surface area contributed by atoms with Crippen molar-refractivity contribution in [2.75, 3.05) is 0 Å². The quantitative estimate of drug-likeness (QED) is 0.520. The normalized spacial score (nSPS) is 14.4. The summed E-state index contributed by atoms with van der Waals surface area (Å²) in [5, 5.41) is 9.90. The van der Waals surface area contributed by atoms with Gasteiger partial charge in [-0.05, 0) is 12.3 Å². The molecule has 0 aliphatic carbocycles. The van der Waals surface area contributed by atoms with Crippen LogP contribution in [-0.4, -0.2) is 17.0 Å². The Morgan fingerprint density at radius 1 is 1.33 bits per heavy atom. The number of carbonyl (C=O) groups is 1. The first-order valence-corrected chi connectivity index (χ1v) is 5.95. The average Bonchev–Trinajstić information content (AvgIpc) is 2.22. The standard InChI is InChI=1S/C13H24O2/c1-5-7-8-9-11(12(14)6-2)13(15)10(3)4/h9-10,13,15H,5-8H2,1-4H3/b11-9+. The number of aliphatic hydroxyl groups is 1. The van der Waals surface area contributed by atoms with E-state index in [4.69, 9.17) is 0 Å². The van der Waals surface area contributed by atoms with Crippen molar-refractivity contribution in [2.45, 2.75) is 59.5 Å². The number of rotatable bonds is 7. The Labute approximate surface area is 93.4 Å². The molecule has 0 aliphatic heterocycles. The van der Waals surface area contributed by atoms with Gasteiger partial charge in [-0.15, -0.1) is 0 Å². The predicted octanol–water partition coefficient (Wildman–Crippen LogP) is 3.10. The second-order valence-corrected chi connectivity index (χ2v) is 4.27. The number of carbonyl (C=O) groups excluding carboxylic acids is 1. The lowest BCUT2D eigenvalue weighted by Gasteiger charge is -2.17. The number of allylic oxidation sites excluding steroid dienone is 1. The van der Waals surface area contributed by atoms with Crippen LogP contribution in [0.2, 0.25) is 0 Å². The summed E-state index contributed by atoms with van der Waals surface area (Å²) < 4.78 is 0. The van der Waals surface area contributed by atoms with E-state index in [0.717, 1.165) is 19.3 Å². The SMILES string of the molecule is CCCC/C=C(\C(=O)CC)C(O)C(C)C. The second kappa shape index (κ2) is 7.63. The highest BCUT2D eigenvalue weighted by Gasteiger charge is 2.19. The third kappa shape index (κ3) is 5.12. The zero-order valence-electron chi connectivity index (χ0n) is 10.4. The van der Waals surface area contributed by atoms with Gasteiger partial charge in [-0.25, -0.2) is 0 Å². The number of ketones is 1. The van der Waals surface area contributed by atoms with Gasteiger partial charge >= 0.3 is 0 Å². The van der Waals surface area contributed by atoms with Gasteiger partial charge in [-0.1, -0.05) is 46.6 Å². The molecule has 1 atom stereocenters. The van der Waals surface area contributed by atoms with Crippen molar-refractivity contribution in [1.29, 1.82) is 0 Å². The number of hydrogen-bond donors (Lipinski definition) is 1. The Morgan fingerprint density at radius 2 is 1.93 bits per heavy atom. The van der Waals surface area contributed by atoms with E-state index in [1.807, 2.05) is 26.8 Å². The van der Waals surface area contributed by atoms with Crippen molar-refractivity contribution >= 4 is 5.78 Å². The molecule has 1 N–H and O–H groups in total. The van der Waals surface area contributed by atoms with Crippen LogP contribution in [0, 0.1) is 5.92 Å². The minimum Gasteiger partial charge on any atom is -0.388 e. The van der Waals surface area contributed by atoms with Gasteiger partial charge in [0.15, 0.2) is 5.78 Å². The molecule has 0 bridgehead atoms. The summed E-state index contributed by atoms with van der Waals surface area (Å²) in [4.78, 5) is 11.6. The highest BCUT2D eigenvalue weighted by molar-refractivity contribution is 5.96. The molecule has 2 heteroatoms. The lowest BCUT2D eigenvalue weighted by molar-refractivity contribution is -0.116. The van der Waals surface area contributed by atoms with E-state index in [2.05, 4.69) is 6.92 Å². The van der Waals surface area contributed by atoms with Gasteiger partial charge in [0, 0.05) is 12.0 Å². The molecule has 0 rings (SSSR count). The minimum atomic E-state index is -0.602. The molecule has 2 nitrogen and oxygen atoms in total. The average molecular weight is 212 g/mol. The van der Waals surface area contributed by atoms with E-state index in [-0.39, 0.29) is 11.7 Å². The van der Waals surface area contributed by atoms with Gasteiger partial charge in [0.1, 0.15) is 0 Å². The lowest BCUT2D eigenvalue weighted by atomic mass is 9.93. The molecule has 0 heterocycles. The maximum atomic E-state index is 11.6. The predicted molar refractivity (Wildman–Crippen MR) is 63.8 cm³/mol. The smallest absolute Gasteiger partial charge is 0.160 e. The monoisotopic (exact) mass is 212 g/mol. The number of unbranched alkanes of at least 4 members (excludes halogenated alkanes) is 2. The van der Waals surface area contributed by atoms with Crippen LogP contribution in [0.3, 0.4) is 0 Å². The fourth-order valence-electron chi connectivity index (χ4n) is 1.42. The Bertz CT molecular complexity index is 217. The van der Waals surface area contributed by atoms with E-state index in [9.17, 15) is 9.90 Å². The van der Waals surface area contributed by atoms with Crippen molar-refractivity contribution in [3.63, 3.8) is 0 Å². The molecule has 15 heavy (non-hydrogen) atoms. The molecular formula is C13H24O2. The Morgan fingerprint density at radius 3 is 2.33 bits per heavy atom. The van der Waals surface area contributed by atoms with Crippen LogP contribution in [0.25, 0.3) is 0 Å². The van der Waals surface area contributed by atoms with E-state index in [1.165, 1.54) is 0 Å². The van der Waals surface area contributed by atoms with Gasteiger partial charge in [-0.2, -0.15) is 0 Å². The largest absolute Gasteiger partial charge is 0.388 e. The maximum Gasteiger partial charge on any atom is 0.160 e. The van der Waals surface area contributed by atoms with E-state index in [0.29, 0.717) is 12.0 Å². The molecule has 0 aliphatic rings. The first-order valence-electron chi connectivity index (χ1n) is 5.95. The molecule has 0 aromatic heterocycles. The number of Topliss-reactive ketones (excluding diaryl/α,β-unsaturated/α-hetero) is 1. The summed E-state index contributed by atoms with van der Waals surface area (Å²) in [5.41, 5.74) is 0.612. The van der Waals surface area contributed by atoms with E-state index in [1.54, 1.807) is 0 Å². The summed E-state index contributed by atoms with van der Waals surface area (Å²) in [5.74, 6) is 0.181. The Kier molecular flexibility index (Phi) is 7.31. The topological polar surface area (TPSA) is 37.3 Å². The maximum absolute atomic E-state index is 11.6. The molecule has 0 amide bonds. The third-order valence-electron chi connectivity index (χ3n) is 2.52. The summed E-state index contributed by atoms with van der Waals surface area (Å²) in [6.45, 7) is 7.82. The zero-order chi connectivity index (χ0) is 11.8. The van der Waals surface area contributed by atoms with Crippen molar-refractivity contribution < 1.29 is 9.90 Å². The van der Waals surface area contributed by atoms with Crippen molar-refractivity contribution in [3.8, 4) is 0 Å². The summed E-state index contributed by atoms with van der Waals surface area (Å²) in [6, 6.07) is 0. The highest BCUT2D eigenvalue weighted by Crippen LogP contribution is 2.16. The first-order chi connectivity index (χ1) is 7.04. The number of aliphatic hydroxyl groups excluding tert-OH is 1. The summed E-state index contributed by atoms with van der Waals surface area (Å²) in [7, 11) is 0. The van der Waals surface area contributed by atoms with E-state index < -0.39 is 6.10 Å². The second-order valence-electron chi connectivity index (χ2n) is 4.27. The highest BCUT2D eigenvalue weighted by atomic mass is 16.3. The minimum absolute atomic E-state index is 0.0762. The van der Waals surface area contributed by atoms with Crippen LogP contribution >= 0.6 is 0 Å². The fourth-order valence-corrected chi connectivity index (χ4v) is 1.42. The molecule has 0 aromatic carbocycles. The number of hydrogen-bond acceptors (Lipinski definition) is 2. The molecule has 0 aromatic rings. The first kappa shape index (κ1) is 14.4. The third-order valence-corrected chi connectivity index (χ3v) is 2.52. The van der Waals surface area contributed by atoms with Crippen LogP contribution in [0.5, 0.6) is 0 Å². The molecule has 0 fully saturated rings. The van der Waals surface area contributed by atoms with Crippen LogP contribution in [0.15, 0.2) is 11.6 Å². The van der Waals surface area contributed by atoms with Gasteiger partial charge in [0.2, 0.25) is 0 Å². The van der Waals surface area contributed by atoms with Crippen LogP contribution in [-0.2, 0) is 4.79 Å². The molecule has 0 saturated carbocycles. The molecule has 0 radical (unpaired) electrons. The fraction of sp³-hybridized carbons (Fsp3) is 0.769. The van der Waals surface area contributed by atoms with Crippen LogP contribution < -0.4 is 0 Å².